The van der Waals surface area contributed by atoms with E-state index in [4.69, 9.17) is 11.0 Å². The molecule has 10 nitrogen and oxygen atoms in total. The number of alkyl halides is 3. The Morgan fingerprint density at radius 1 is 1.23 bits per heavy atom. The molecule has 0 aliphatic rings. The Bertz CT molecular complexity index is 1510. The Morgan fingerprint density at radius 3 is 2.51 bits per heavy atom. The minimum Gasteiger partial charge on any atom is -0.364 e. The standard InChI is InChI=1S/C22H17F3N8O2/c1-11-17(18(22(23,24)25)31-33(11)10-13-5-3-12(8-26)4-6-13)30-21(35)14-7-16(19(27)34)29-20-15(14)9-28-32(20)2/h3-7,9H,10H2,1-2H3,(H2,27,34)(H,30,35). The highest BCUT2D eigenvalue weighted by molar-refractivity contribution is 6.13. The average Bonchev–Trinajstić information content (AvgIpc) is 3.34. The number of hydrogen-bond acceptors (Lipinski definition) is 6. The minimum atomic E-state index is -4.86. The number of aryl methyl sites for hydroxylation is 1. The Morgan fingerprint density at radius 2 is 1.91 bits per heavy atom. The van der Waals surface area contributed by atoms with E-state index in [1.807, 2.05) is 6.07 Å². The third-order valence-electron chi connectivity index (χ3n) is 5.33. The van der Waals surface area contributed by atoms with Crippen molar-refractivity contribution in [1.29, 1.82) is 5.26 Å². The van der Waals surface area contributed by atoms with E-state index in [1.165, 1.54) is 24.9 Å². The van der Waals surface area contributed by atoms with Crippen LogP contribution in [0.5, 0.6) is 0 Å². The molecule has 1 aromatic carbocycles. The van der Waals surface area contributed by atoms with E-state index in [0.717, 1.165) is 10.7 Å². The number of aromatic nitrogens is 5. The first kappa shape index (κ1) is 23.4. The molecule has 4 aromatic rings. The molecule has 4 rings (SSSR count). The van der Waals surface area contributed by atoms with Crippen LogP contribution in [0.25, 0.3) is 11.0 Å². The molecule has 0 saturated carbocycles. The lowest BCUT2D eigenvalue weighted by molar-refractivity contribution is -0.140. The van der Waals surface area contributed by atoms with Gasteiger partial charge in [-0.15, -0.1) is 0 Å². The molecule has 13 heteroatoms. The van der Waals surface area contributed by atoms with Crippen molar-refractivity contribution in [2.45, 2.75) is 19.6 Å². The first-order valence-electron chi connectivity index (χ1n) is 10.1. The maximum absolute atomic E-state index is 13.8. The van der Waals surface area contributed by atoms with Gasteiger partial charge in [0.05, 0.1) is 46.7 Å². The molecule has 3 heterocycles. The highest BCUT2D eigenvalue weighted by Crippen LogP contribution is 2.36. The summed E-state index contributed by atoms with van der Waals surface area (Å²) >= 11 is 0. The molecule has 35 heavy (non-hydrogen) atoms. The van der Waals surface area contributed by atoms with Gasteiger partial charge in [0.15, 0.2) is 11.3 Å². The molecular weight excluding hydrogens is 465 g/mol. The highest BCUT2D eigenvalue weighted by Gasteiger charge is 2.39. The number of nitrogens with two attached hydrogens (primary N) is 1. The number of anilines is 1. The summed E-state index contributed by atoms with van der Waals surface area (Å²) in [5.74, 6) is -1.83. The molecule has 178 valence electrons. The maximum atomic E-state index is 13.8. The van der Waals surface area contributed by atoms with E-state index in [2.05, 4.69) is 20.5 Å². The second kappa shape index (κ2) is 8.56. The van der Waals surface area contributed by atoms with Crippen LogP contribution in [0.2, 0.25) is 0 Å². The quantitative estimate of drug-likeness (QED) is 0.448. The van der Waals surface area contributed by atoms with Gasteiger partial charge in [-0.25, -0.2) is 4.98 Å². The Balaban J connectivity index is 1.75. The number of amides is 2. The number of pyridine rings is 1. The van der Waals surface area contributed by atoms with Gasteiger partial charge in [0, 0.05) is 7.05 Å². The monoisotopic (exact) mass is 482 g/mol. The first-order chi connectivity index (χ1) is 16.5. The molecule has 0 aliphatic carbocycles. The van der Waals surface area contributed by atoms with Crippen LogP contribution in [0.15, 0.2) is 36.5 Å². The van der Waals surface area contributed by atoms with Crippen LogP contribution in [0, 0.1) is 18.3 Å². The molecule has 0 fully saturated rings. The molecule has 0 aliphatic heterocycles. The summed E-state index contributed by atoms with van der Waals surface area (Å²) in [5.41, 5.74) is 4.38. The molecule has 3 N–H and O–H groups in total. The van der Waals surface area contributed by atoms with Crippen LogP contribution < -0.4 is 11.1 Å². The van der Waals surface area contributed by atoms with Crippen molar-refractivity contribution in [2.24, 2.45) is 12.8 Å². The number of carbonyl (C=O) groups is 2. The number of nitrogens with zero attached hydrogens (tertiary/aromatic N) is 6. The molecule has 0 spiro atoms. The minimum absolute atomic E-state index is 0.0234. The van der Waals surface area contributed by atoms with E-state index in [9.17, 15) is 22.8 Å². The zero-order valence-electron chi connectivity index (χ0n) is 18.4. The fourth-order valence-corrected chi connectivity index (χ4v) is 3.52. The largest absolute Gasteiger partial charge is 0.437 e. The number of nitrogens with one attached hydrogen (secondary N) is 1. The Labute approximate surface area is 195 Å². The van der Waals surface area contributed by atoms with Gasteiger partial charge < -0.3 is 11.1 Å². The Hall–Kier alpha value is -4.73. The zero-order valence-corrected chi connectivity index (χ0v) is 18.4. The molecule has 2 amide bonds. The van der Waals surface area contributed by atoms with E-state index in [1.54, 1.807) is 24.3 Å². The van der Waals surface area contributed by atoms with Crippen molar-refractivity contribution in [3.63, 3.8) is 0 Å². The number of carbonyl (C=O) groups excluding carboxylic acids is 2. The normalized spacial score (nSPS) is 11.4. The van der Waals surface area contributed by atoms with Crippen molar-refractivity contribution >= 4 is 28.5 Å². The van der Waals surface area contributed by atoms with E-state index in [-0.39, 0.29) is 34.5 Å². The van der Waals surface area contributed by atoms with Gasteiger partial charge >= 0.3 is 6.18 Å². The van der Waals surface area contributed by atoms with Crippen molar-refractivity contribution in [1.82, 2.24) is 24.5 Å². The number of nitriles is 1. The summed E-state index contributed by atoms with van der Waals surface area (Å²) in [6.45, 7) is 1.37. The number of hydrogen-bond donors (Lipinski definition) is 2. The lowest BCUT2D eigenvalue weighted by Gasteiger charge is -2.10. The average molecular weight is 482 g/mol. The topological polar surface area (TPSA) is 145 Å². The summed E-state index contributed by atoms with van der Waals surface area (Å²) in [4.78, 5) is 28.9. The molecule has 0 unspecified atom stereocenters. The second-order valence-corrected chi connectivity index (χ2v) is 7.65. The number of benzene rings is 1. The Kier molecular flexibility index (Phi) is 5.73. The van der Waals surface area contributed by atoms with Crippen molar-refractivity contribution in [2.75, 3.05) is 5.32 Å². The summed E-state index contributed by atoms with van der Waals surface area (Å²) in [6.07, 6.45) is -3.54. The van der Waals surface area contributed by atoms with Crippen LogP contribution in [0.4, 0.5) is 18.9 Å². The van der Waals surface area contributed by atoms with Crippen LogP contribution >= 0.6 is 0 Å². The van der Waals surface area contributed by atoms with Gasteiger partial charge in [0.1, 0.15) is 5.69 Å². The lowest BCUT2D eigenvalue weighted by atomic mass is 10.1. The van der Waals surface area contributed by atoms with E-state index >= 15 is 0 Å². The predicted molar refractivity (Wildman–Crippen MR) is 117 cm³/mol. The smallest absolute Gasteiger partial charge is 0.364 e. The highest BCUT2D eigenvalue weighted by atomic mass is 19.4. The first-order valence-corrected chi connectivity index (χ1v) is 10.1. The number of primary amides is 1. The zero-order chi connectivity index (χ0) is 25.5. The van der Waals surface area contributed by atoms with Crippen LogP contribution in [-0.2, 0) is 19.8 Å². The molecule has 0 atom stereocenters. The summed E-state index contributed by atoms with van der Waals surface area (Å²) in [7, 11) is 1.53. The molecule has 0 saturated heterocycles. The summed E-state index contributed by atoms with van der Waals surface area (Å²) in [5, 5.41) is 19.1. The van der Waals surface area contributed by atoms with Gasteiger partial charge in [0.25, 0.3) is 11.8 Å². The predicted octanol–water partition coefficient (Wildman–Crippen LogP) is 2.76. The van der Waals surface area contributed by atoms with Gasteiger partial charge in [0.2, 0.25) is 0 Å². The van der Waals surface area contributed by atoms with Gasteiger partial charge in [-0.1, -0.05) is 12.1 Å². The van der Waals surface area contributed by atoms with Crippen molar-refractivity contribution in [3.8, 4) is 6.07 Å². The van der Waals surface area contributed by atoms with E-state index < -0.39 is 29.4 Å². The molecule has 0 radical (unpaired) electrons. The summed E-state index contributed by atoms with van der Waals surface area (Å²) < 4.78 is 43.9. The molecule has 0 bridgehead atoms. The third kappa shape index (κ3) is 4.41. The van der Waals surface area contributed by atoms with Crippen molar-refractivity contribution < 1.29 is 22.8 Å². The molecule has 3 aromatic heterocycles. The van der Waals surface area contributed by atoms with Gasteiger partial charge in [-0.2, -0.15) is 28.6 Å². The number of halogens is 3. The number of rotatable bonds is 5. The second-order valence-electron chi connectivity index (χ2n) is 7.65. The van der Waals surface area contributed by atoms with Gasteiger partial charge in [-0.3, -0.25) is 19.0 Å². The van der Waals surface area contributed by atoms with Crippen molar-refractivity contribution in [3.05, 3.63) is 70.3 Å². The SMILES string of the molecule is Cc1c(NC(=O)c2cc(C(N)=O)nc3c2cnn3C)c(C(F)(F)F)nn1Cc1ccc(C#N)cc1. The van der Waals surface area contributed by atoms with Crippen LogP contribution in [0.3, 0.4) is 0 Å². The number of fused-ring (bicyclic) bond motifs is 1. The maximum Gasteiger partial charge on any atom is 0.437 e. The molecular formula is C22H17F3N8O2. The van der Waals surface area contributed by atoms with Crippen LogP contribution in [0.1, 0.15) is 43.4 Å². The fourth-order valence-electron chi connectivity index (χ4n) is 3.52. The van der Waals surface area contributed by atoms with E-state index in [0.29, 0.717) is 11.1 Å². The van der Waals surface area contributed by atoms with Gasteiger partial charge in [-0.05, 0) is 30.7 Å². The third-order valence-corrected chi connectivity index (χ3v) is 5.33. The lowest BCUT2D eigenvalue weighted by Crippen LogP contribution is -2.19. The summed E-state index contributed by atoms with van der Waals surface area (Å²) in [6, 6.07) is 9.36. The van der Waals surface area contributed by atoms with Crippen LogP contribution in [-0.4, -0.2) is 36.4 Å². The fraction of sp³-hybridized carbons (Fsp3) is 0.182.